The largest absolute Gasteiger partial charge is 0.368 e. The van der Waals surface area contributed by atoms with Crippen molar-refractivity contribution in [3.63, 3.8) is 0 Å². The van der Waals surface area contributed by atoms with E-state index in [1.54, 1.807) is 0 Å². The Balaban J connectivity index is 2.43. The van der Waals surface area contributed by atoms with E-state index in [4.69, 9.17) is 17.3 Å². The number of hydrogen-bond donors (Lipinski definition) is 2. The monoisotopic (exact) mass is 334 g/mol. The third-order valence-corrected chi connectivity index (χ3v) is 2.89. The molecule has 0 bridgehead atoms. The molecule has 0 radical (unpaired) electrons. The summed E-state index contributed by atoms with van der Waals surface area (Å²) >= 11 is 8.91. The molecule has 0 aliphatic heterocycles. The number of hydrogen-bond acceptors (Lipinski definition) is 4. The van der Waals surface area contributed by atoms with Crippen LogP contribution < -0.4 is 11.1 Å². The first-order valence-corrected chi connectivity index (χ1v) is 5.84. The van der Waals surface area contributed by atoms with Gasteiger partial charge in [0.05, 0.1) is 15.2 Å². The Labute approximate surface area is 114 Å². The number of benzene rings is 1. The molecule has 0 saturated heterocycles. The maximum absolute atomic E-state index is 13.6. The molecular formula is C10H6BrClF2N4. The molecule has 8 heteroatoms. The number of nitrogen functional groups attached to an aromatic ring is 1. The zero-order valence-corrected chi connectivity index (χ0v) is 11.1. The predicted octanol–water partition coefficient (Wildman–Crippen LogP) is 3.50. The fourth-order valence-electron chi connectivity index (χ4n) is 1.25. The van der Waals surface area contributed by atoms with Crippen LogP contribution in [-0.4, -0.2) is 9.97 Å². The van der Waals surface area contributed by atoms with Crippen LogP contribution in [0.15, 0.2) is 22.8 Å². The fraction of sp³-hybridized carbons (Fsp3) is 0. The van der Waals surface area contributed by atoms with E-state index in [0.29, 0.717) is 10.5 Å². The van der Waals surface area contributed by atoms with Gasteiger partial charge in [-0.25, -0.2) is 13.8 Å². The van der Waals surface area contributed by atoms with Crippen molar-refractivity contribution in [1.82, 2.24) is 9.97 Å². The summed E-state index contributed by atoms with van der Waals surface area (Å²) in [5.74, 6) is -1.34. The van der Waals surface area contributed by atoms with Crippen LogP contribution in [0.3, 0.4) is 0 Å². The van der Waals surface area contributed by atoms with Gasteiger partial charge >= 0.3 is 0 Å². The molecule has 0 unspecified atom stereocenters. The van der Waals surface area contributed by atoms with E-state index in [1.807, 2.05) is 0 Å². The summed E-state index contributed by atoms with van der Waals surface area (Å²) in [6, 6.07) is 1.71. The Kier molecular flexibility index (Phi) is 3.63. The molecule has 0 saturated carbocycles. The van der Waals surface area contributed by atoms with Crippen molar-refractivity contribution in [2.45, 2.75) is 0 Å². The van der Waals surface area contributed by atoms with Crippen LogP contribution in [-0.2, 0) is 0 Å². The van der Waals surface area contributed by atoms with Crippen molar-refractivity contribution in [3.8, 4) is 0 Å². The second-order valence-corrected chi connectivity index (χ2v) is 4.56. The smallest absolute Gasteiger partial charge is 0.222 e. The lowest BCUT2D eigenvalue weighted by Gasteiger charge is -2.10. The van der Waals surface area contributed by atoms with Gasteiger partial charge in [-0.1, -0.05) is 11.6 Å². The second-order valence-electron chi connectivity index (χ2n) is 3.29. The Morgan fingerprint density at radius 1 is 1.33 bits per heavy atom. The van der Waals surface area contributed by atoms with Gasteiger partial charge in [0.15, 0.2) is 5.82 Å². The average Bonchev–Trinajstić information content (AvgIpc) is 2.28. The highest BCUT2D eigenvalue weighted by atomic mass is 79.9. The molecule has 0 fully saturated rings. The minimum Gasteiger partial charge on any atom is -0.368 e. The van der Waals surface area contributed by atoms with E-state index in [1.165, 1.54) is 6.20 Å². The summed E-state index contributed by atoms with van der Waals surface area (Å²) in [7, 11) is 0. The van der Waals surface area contributed by atoms with Gasteiger partial charge in [-0.05, 0) is 22.0 Å². The van der Waals surface area contributed by atoms with E-state index in [-0.39, 0.29) is 22.5 Å². The molecule has 0 aliphatic rings. The van der Waals surface area contributed by atoms with Gasteiger partial charge in [0, 0.05) is 12.3 Å². The molecule has 94 valence electrons. The minimum absolute atomic E-state index is 0.0133. The zero-order valence-electron chi connectivity index (χ0n) is 8.72. The van der Waals surface area contributed by atoms with Gasteiger partial charge in [0.2, 0.25) is 5.95 Å². The van der Waals surface area contributed by atoms with E-state index >= 15 is 0 Å². The molecule has 1 heterocycles. The van der Waals surface area contributed by atoms with Crippen LogP contribution in [0.5, 0.6) is 0 Å². The highest BCUT2D eigenvalue weighted by Crippen LogP contribution is 2.31. The highest BCUT2D eigenvalue weighted by Gasteiger charge is 2.12. The molecule has 0 aliphatic carbocycles. The van der Waals surface area contributed by atoms with Crippen LogP contribution in [0.1, 0.15) is 0 Å². The van der Waals surface area contributed by atoms with E-state index < -0.39 is 11.6 Å². The molecular weight excluding hydrogens is 329 g/mol. The molecule has 4 nitrogen and oxygen atoms in total. The van der Waals surface area contributed by atoms with Gasteiger partial charge in [0.1, 0.15) is 11.6 Å². The van der Waals surface area contributed by atoms with Crippen molar-refractivity contribution in [3.05, 3.63) is 39.5 Å². The summed E-state index contributed by atoms with van der Waals surface area (Å²) in [6.45, 7) is 0. The van der Waals surface area contributed by atoms with Gasteiger partial charge < -0.3 is 11.1 Å². The summed E-state index contributed by atoms with van der Waals surface area (Å²) < 4.78 is 26.9. The molecule has 2 rings (SSSR count). The Morgan fingerprint density at radius 2 is 2.06 bits per heavy atom. The molecule has 3 N–H and O–H groups in total. The molecule has 1 aromatic heterocycles. The Morgan fingerprint density at radius 3 is 2.72 bits per heavy atom. The highest BCUT2D eigenvalue weighted by molar-refractivity contribution is 9.10. The van der Waals surface area contributed by atoms with Gasteiger partial charge in [-0.3, -0.25) is 0 Å². The van der Waals surface area contributed by atoms with Gasteiger partial charge in [0.25, 0.3) is 0 Å². The third kappa shape index (κ3) is 2.68. The fourth-order valence-corrected chi connectivity index (χ4v) is 1.78. The lowest BCUT2D eigenvalue weighted by molar-refractivity contribution is 0.586. The maximum atomic E-state index is 13.6. The summed E-state index contributed by atoms with van der Waals surface area (Å²) in [5, 5.41) is 2.52. The lowest BCUT2D eigenvalue weighted by Crippen LogP contribution is -2.02. The first-order chi connectivity index (χ1) is 8.47. The standard InChI is InChI=1S/C10H6BrClF2N4/c11-5-3-16-10(15)18-9(5)17-8-6(12)1-4(13)2-7(8)14/h1-3H,(H3,15,16,17,18). The lowest BCUT2D eigenvalue weighted by atomic mass is 10.3. The SMILES string of the molecule is Nc1ncc(Br)c(Nc2c(F)cc(F)cc2Cl)n1. The van der Waals surface area contributed by atoms with Crippen LogP contribution in [0.25, 0.3) is 0 Å². The quantitative estimate of drug-likeness (QED) is 0.882. The van der Waals surface area contributed by atoms with Crippen molar-refractivity contribution < 1.29 is 8.78 Å². The van der Waals surface area contributed by atoms with Crippen LogP contribution in [0, 0.1) is 11.6 Å². The van der Waals surface area contributed by atoms with Crippen LogP contribution in [0.4, 0.5) is 26.2 Å². The third-order valence-electron chi connectivity index (χ3n) is 2.01. The number of nitrogens with two attached hydrogens (primary N) is 1. The van der Waals surface area contributed by atoms with Crippen molar-refractivity contribution in [2.24, 2.45) is 0 Å². The van der Waals surface area contributed by atoms with Gasteiger partial charge in [-0.15, -0.1) is 0 Å². The number of aromatic nitrogens is 2. The number of nitrogens with one attached hydrogen (secondary N) is 1. The zero-order chi connectivity index (χ0) is 13.3. The van der Waals surface area contributed by atoms with E-state index in [0.717, 1.165) is 6.07 Å². The first kappa shape index (κ1) is 13.0. The average molecular weight is 336 g/mol. The molecule has 2 aromatic rings. The Hall–Kier alpha value is -1.47. The number of halogens is 4. The summed E-state index contributed by atoms with van der Waals surface area (Å²) in [6.07, 6.45) is 1.40. The number of anilines is 3. The number of nitrogens with zero attached hydrogens (tertiary/aromatic N) is 2. The molecule has 0 spiro atoms. The summed E-state index contributed by atoms with van der Waals surface area (Å²) in [4.78, 5) is 7.60. The normalized spacial score (nSPS) is 10.4. The molecule has 0 amide bonds. The Bertz CT molecular complexity index is 585. The predicted molar refractivity (Wildman–Crippen MR) is 68.8 cm³/mol. The van der Waals surface area contributed by atoms with Crippen LogP contribution in [0.2, 0.25) is 5.02 Å². The molecule has 18 heavy (non-hydrogen) atoms. The summed E-state index contributed by atoms with van der Waals surface area (Å²) in [5.41, 5.74) is 5.33. The molecule has 1 aromatic carbocycles. The van der Waals surface area contributed by atoms with Crippen molar-refractivity contribution in [2.75, 3.05) is 11.1 Å². The van der Waals surface area contributed by atoms with E-state index in [9.17, 15) is 8.78 Å². The second kappa shape index (κ2) is 5.03. The van der Waals surface area contributed by atoms with Crippen molar-refractivity contribution in [1.29, 1.82) is 0 Å². The van der Waals surface area contributed by atoms with Crippen LogP contribution >= 0.6 is 27.5 Å². The van der Waals surface area contributed by atoms with Gasteiger partial charge in [-0.2, -0.15) is 4.98 Å². The maximum Gasteiger partial charge on any atom is 0.222 e. The topological polar surface area (TPSA) is 63.8 Å². The first-order valence-electron chi connectivity index (χ1n) is 4.67. The molecule has 0 atom stereocenters. The number of rotatable bonds is 2. The van der Waals surface area contributed by atoms with E-state index in [2.05, 4.69) is 31.2 Å². The van der Waals surface area contributed by atoms with Crippen molar-refractivity contribution >= 4 is 45.0 Å². The minimum atomic E-state index is -0.830.